The number of fused-ring (bicyclic) bond motifs is 1. The van der Waals surface area contributed by atoms with Gasteiger partial charge in [-0.15, -0.1) is 0 Å². The van der Waals surface area contributed by atoms with Crippen molar-refractivity contribution in [3.63, 3.8) is 0 Å². The first-order valence-corrected chi connectivity index (χ1v) is 10.5. The fraction of sp³-hybridized carbons (Fsp3) is 0.947. The standard InChI is InChI=1S/C19H34N4O8/c1-14(24)22-15-12-29-16(18-17(15)30-19(2,3)31-18)13-28-11-10-27-9-8-26-7-6-25-5-4-21-23-20/h15-18H,4-13H2,1-3H3,(H,22,24)/t15-,16-,17-,18+/m1/s1. The van der Waals surface area contributed by atoms with E-state index in [1.165, 1.54) is 6.92 Å². The van der Waals surface area contributed by atoms with E-state index in [2.05, 4.69) is 15.3 Å². The van der Waals surface area contributed by atoms with Crippen LogP contribution in [0.1, 0.15) is 20.8 Å². The topological polar surface area (TPSA) is 142 Å². The van der Waals surface area contributed by atoms with Crippen LogP contribution >= 0.6 is 0 Å². The molecule has 2 fully saturated rings. The molecule has 2 heterocycles. The lowest BCUT2D eigenvalue weighted by molar-refractivity contribution is -0.161. The SMILES string of the molecule is CC(=O)N[C@@H]1CO[C@H](COCCOCCOCCOCCN=[N+]=[N-])[C@@H]2OC(C)(C)O[C@@H]21. The lowest BCUT2D eigenvalue weighted by Gasteiger charge is -2.37. The van der Waals surface area contributed by atoms with Gasteiger partial charge in [-0.1, -0.05) is 5.11 Å². The van der Waals surface area contributed by atoms with Crippen LogP contribution in [-0.2, 0) is 38.0 Å². The van der Waals surface area contributed by atoms with Gasteiger partial charge in [0.25, 0.3) is 0 Å². The van der Waals surface area contributed by atoms with E-state index in [1.807, 2.05) is 13.8 Å². The van der Waals surface area contributed by atoms with E-state index in [9.17, 15) is 4.79 Å². The Kier molecular flexibility index (Phi) is 11.5. The molecule has 1 N–H and O–H groups in total. The number of amides is 1. The van der Waals surface area contributed by atoms with Crippen LogP contribution < -0.4 is 5.32 Å². The molecule has 12 heteroatoms. The van der Waals surface area contributed by atoms with E-state index < -0.39 is 5.79 Å². The van der Waals surface area contributed by atoms with Crippen LogP contribution in [-0.4, -0.2) is 102 Å². The molecule has 31 heavy (non-hydrogen) atoms. The molecule has 0 aromatic heterocycles. The minimum Gasteiger partial charge on any atom is -0.379 e. The summed E-state index contributed by atoms with van der Waals surface area (Å²) in [4.78, 5) is 14.1. The van der Waals surface area contributed by atoms with Crippen LogP contribution in [0.25, 0.3) is 10.4 Å². The Morgan fingerprint density at radius 1 is 1.03 bits per heavy atom. The highest BCUT2D eigenvalue weighted by Crippen LogP contribution is 2.35. The second-order valence-electron chi connectivity index (χ2n) is 7.61. The van der Waals surface area contributed by atoms with Gasteiger partial charge in [-0.3, -0.25) is 4.79 Å². The van der Waals surface area contributed by atoms with Gasteiger partial charge in [0.1, 0.15) is 18.3 Å². The van der Waals surface area contributed by atoms with Gasteiger partial charge in [0, 0.05) is 18.4 Å². The van der Waals surface area contributed by atoms with Crippen molar-refractivity contribution in [2.75, 3.05) is 66.0 Å². The first-order chi connectivity index (χ1) is 14.9. The number of nitrogens with zero attached hydrogens (tertiary/aromatic N) is 3. The first kappa shape index (κ1) is 25.8. The lowest BCUT2D eigenvalue weighted by atomic mass is 9.98. The van der Waals surface area contributed by atoms with Crippen molar-refractivity contribution in [2.45, 2.75) is 50.9 Å². The molecule has 2 rings (SSSR count). The van der Waals surface area contributed by atoms with E-state index in [4.69, 9.17) is 38.7 Å². The average Bonchev–Trinajstić information content (AvgIpc) is 3.05. The molecule has 1 amide bonds. The van der Waals surface area contributed by atoms with Crippen LogP contribution in [0.15, 0.2) is 5.11 Å². The van der Waals surface area contributed by atoms with Gasteiger partial charge < -0.3 is 38.5 Å². The predicted octanol–water partition coefficient (Wildman–Crippen LogP) is 0.787. The zero-order chi connectivity index (χ0) is 22.5. The van der Waals surface area contributed by atoms with Gasteiger partial charge in [-0.05, 0) is 19.4 Å². The molecule has 12 nitrogen and oxygen atoms in total. The fourth-order valence-electron chi connectivity index (χ4n) is 3.37. The summed E-state index contributed by atoms with van der Waals surface area (Å²) in [7, 11) is 0. The molecular formula is C19H34N4O8. The van der Waals surface area contributed by atoms with Gasteiger partial charge in [0.05, 0.1) is 65.5 Å². The van der Waals surface area contributed by atoms with Crippen molar-refractivity contribution in [3.8, 4) is 0 Å². The molecule has 178 valence electrons. The van der Waals surface area contributed by atoms with Gasteiger partial charge >= 0.3 is 0 Å². The molecule has 0 radical (unpaired) electrons. The van der Waals surface area contributed by atoms with E-state index in [1.54, 1.807) is 0 Å². The van der Waals surface area contributed by atoms with Crippen LogP contribution in [0.4, 0.5) is 0 Å². The van der Waals surface area contributed by atoms with Crippen molar-refractivity contribution in [1.29, 1.82) is 0 Å². The number of nitrogens with one attached hydrogen (secondary N) is 1. The van der Waals surface area contributed by atoms with E-state index in [0.29, 0.717) is 66.0 Å². The molecule has 2 saturated heterocycles. The van der Waals surface area contributed by atoms with E-state index in [-0.39, 0.29) is 30.3 Å². The molecule has 0 spiro atoms. The van der Waals surface area contributed by atoms with Gasteiger partial charge in [-0.25, -0.2) is 0 Å². The maximum atomic E-state index is 11.4. The van der Waals surface area contributed by atoms with Crippen molar-refractivity contribution >= 4 is 5.91 Å². The Morgan fingerprint density at radius 3 is 2.23 bits per heavy atom. The second kappa shape index (κ2) is 13.8. The summed E-state index contributed by atoms with van der Waals surface area (Å²) < 4.78 is 39.6. The zero-order valence-electron chi connectivity index (χ0n) is 18.5. The third kappa shape index (κ3) is 9.67. The van der Waals surface area contributed by atoms with Crippen LogP contribution in [0.3, 0.4) is 0 Å². The van der Waals surface area contributed by atoms with Gasteiger partial charge in [0.15, 0.2) is 5.79 Å². The number of ether oxygens (including phenoxy) is 7. The number of hydrogen-bond donors (Lipinski definition) is 1. The summed E-state index contributed by atoms with van der Waals surface area (Å²) in [5, 5.41) is 6.23. The normalized spacial score (nSPS) is 26.8. The summed E-state index contributed by atoms with van der Waals surface area (Å²) in [6.07, 6.45) is -0.875. The fourth-order valence-corrected chi connectivity index (χ4v) is 3.37. The Morgan fingerprint density at radius 2 is 1.61 bits per heavy atom. The molecule has 4 atom stereocenters. The number of rotatable bonds is 15. The average molecular weight is 447 g/mol. The number of azide groups is 1. The highest BCUT2D eigenvalue weighted by molar-refractivity contribution is 5.73. The quantitative estimate of drug-likeness (QED) is 0.168. The number of carbonyl (C=O) groups is 1. The number of hydrogen-bond acceptors (Lipinski definition) is 9. The summed E-state index contributed by atoms with van der Waals surface area (Å²) in [6, 6.07) is -0.250. The summed E-state index contributed by atoms with van der Waals surface area (Å²) in [5.74, 6) is -0.870. The predicted molar refractivity (Wildman–Crippen MR) is 108 cm³/mol. The number of carbonyl (C=O) groups excluding carboxylic acids is 1. The highest BCUT2D eigenvalue weighted by Gasteiger charge is 2.52. The summed E-state index contributed by atoms with van der Waals surface area (Å²) in [6.45, 7) is 9.22. The maximum absolute atomic E-state index is 11.4. The molecule has 0 bridgehead atoms. The largest absolute Gasteiger partial charge is 0.379 e. The minimum absolute atomic E-state index is 0.130. The highest BCUT2D eigenvalue weighted by atomic mass is 16.8. The van der Waals surface area contributed by atoms with Crippen molar-refractivity contribution in [2.24, 2.45) is 5.11 Å². The van der Waals surface area contributed by atoms with Gasteiger partial charge in [-0.2, -0.15) is 0 Å². The molecule has 2 aliphatic heterocycles. The molecular weight excluding hydrogens is 412 g/mol. The molecule has 0 unspecified atom stereocenters. The zero-order valence-corrected chi connectivity index (χ0v) is 18.5. The summed E-state index contributed by atoms with van der Waals surface area (Å²) in [5.41, 5.74) is 8.13. The minimum atomic E-state index is -0.739. The third-order valence-corrected chi connectivity index (χ3v) is 4.60. The van der Waals surface area contributed by atoms with Crippen LogP contribution in [0.2, 0.25) is 0 Å². The maximum Gasteiger partial charge on any atom is 0.217 e. The molecule has 0 aromatic carbocycles. The third-order valence-electron chi connectivity index (χ3n) is 4.60. The Hall–Kier alpha value is -1.50. The monoisotopic (exact) mass is 446 g/mol. The van der Waals surface area contributed by atoms with E-state index in [0.717, 1.165) is 0 Å². The molecule has 0 aromatic rings. The van der Waals surface area contributed by atoms with E-state index >= 15 is 0 Å². The smallest absolute Gasteiger partial charge is 0.217 e. The molecule has 0 saturated carbocycles. The molecule has 2 aliphatic rings. The first-order valence-electron chi connectivity index (χ1n) is 10.5. The van der Waals surface area contributed by atoms with Gasteiger partial charge in [0.2, 0.25) is 5.91 Å². The Labute approximate surface area is 182 Å². The second-order valence-corrected chi connectivity index (χ2v) is 7.61. The Bertz CT molecular complexity index is 587. The summed E-state index contributed by atoms with van der Waals surface area (Å²) >= 11 is 0. The van der Waals surface area contributed by atoms with Crippen molar-refractivity contribution in [3.05, 3.63) is 10.4 Å². The van der Waals surface area contributed by atoms with Crippen molar-refractivity contribution < 1.29 is 38.0 Å². The lowest BCUT2D eigenvalue weighted by Crippen LogP contribution is -2.58. The van der Waals surface area contributed by atoms with Crippen LogP contribution in [0.5, 0.6) is 0 Å². The molecule has 0 aliphatic carbocycles. The van der Waals surface area contributed by atoms with Crippen molar-refractivity contribution in [1.82, 2.24) is 5.32 Å². The van der Waals surface area contributed by atoms with Crippen LogP contribution in [0, 0.1) is 0 Å². The Balaban J connectivity index is 1.52.